The lowest BCUT2D eigenvalue weighted by molar-refractivity contribution is -0.125. The molecule has 3 unspecified atom stereocenters. The molecule has 3 atom stereocenters. The van der Waals surface area contributed by atoms with Crippen LogP contribution in [0, 0.1) is 17.3 Å². The van der Waals surface area contributed by atoms with Crippen LogP contribution in [0.2, 0.25) is 0 Å². The third-order valence-corrected chi connectivity index (χ3v) is 7.27. The van der Waals surface area contributed by atoms with Gasteiger partial charge in [0.1, 0.15) is 11.4 Å². The zero-order valence-electron chi connectivity index (χ0n) is 19.4. The molecule has 2 aliphatic rings. The number of hydrogen-bond donors (Lipinski definition) is 1. The van der Waals surface area contributed by atoms with E-state index in [0.717, 1.165) is 16.2 Å². The van der Waals surface area contributed by atoms with Crippen molar-refractivity contribution in [1.29, 1.82) is 0 Å². The largest absolute Gasteiger partial charge is 0.444 e. The van der Waals surface area contributed by atoms with Gasteiger partial charge in [0.2, 0.25) is 5.91 Å². The van der Waals surface area contributed by atoms with Gasteiger partial charge >= 0.3 is 6.09 Å². The van der Waals surface area contributed by atoms with Gasteiger partial charge in [-0.25, -0.2) is 9.78 Å². The highest BCUT2D eigenvalue weighted by Gasteiger charge is 2.70. The van der Waals surface area contributed by atoms with Crippen LogP contribution in [-0.2, 0) is 15.1 Å². The van der Waals surface area contributed by atoms with Gasteiger partial charge in [-0.3, -0.25) is 4.79 Å². The zero-order chi connectivity index (χ0) is 22.8. The molecule has 0 bridgehead atoms. The van der Waals surface area contributed by atoms with Crippen LogP contribution in [0.4, 0.5) is 4.79 Å². The van der Waals surface area contributed by atoms with E-state index in [4.69, 9.17) is 4.74 Å². The molecule has 1 N–H and O–H groups in total. The van der Waals surface area contributed by atoms with Crippen molar-refractivity contribution in [3.8, 4) is 0 Å². The summed E-state index contributed by atoms with van der Waals surface area (Å²) in [5, 5.41) is 3.22. The molecule has 4 rings (SSSR count). The molecular weight excluding hydrogens is 412 g/mol. The second-order valence-corrected chi connectivity index (χ2v) is 11.3. The normalized spacial score (nSPS) is 25.5. The van der Waals surface area contributed by atoms with Crippen molar-refractivity contribution in [3.63, 3.8) is 0 Å². The first-order chi connectivity index (χ1) is 14.4. The Bertz CT molecular complexity index is 1040. The van der Waals surface area contributed by atoms with Gasteiger partial charge in [0, 0.05) is 29.6 Å². The molecule has 7 nitrogen and oxygen atoms in total. The average Bonchev–Trinajstić information content (AvgIpc) is 2.99. The molecule has 2 aromatic heterocycles. The second kappa shape index (κ2) is 7.15. The van der Waals surface area contributed by atoms with E-state index in [9.17, 15) is 9.59 Å². The van der Waals surface area contributed by atoms with Gasteiger partial charge in [0.05, 0.1) is 23.2 Å². The Labute approximate surface area is 187 Å². The highest BCUT2D eigenvalue weighted by atomic mass is 32.2. The molecule has 1 aliphatic heterocycles. The minimum absolute atomic E-state index is 0.0270. The fourth-order valence-electron chi connectivity index (χ4n) is 4.92. The van der Waals surface area contributed by atoms with Crippen molar-refractivity contribution in [2.24, 2.45) is 17.3 Å². The number of nitrogens with zero attached hydrogens (tertiary/aromatic N) is 3. The summed E-state index contributed by atoms with van der Waals surface area (Å²) in [5.74, 6) is 0.895. The standard InChI is InChI=1S/C23H32N4O3S/c1-21(2,3)30-20(29)26-12-14-17(23(14,6)13-26)18(28)25-22(4,5)19-24-11-15-16(31-7)9-8-10-27(15)19/h8-11,14,17H,12-13H2,1-7H3,(H,25,28). The number of carbonyl (C=O) groups is 2. The lowest BCUT2D eigenvalue weighted by atomic mass is 10.0. The first-order valence-electron chi connectivity index (χ1n) is 10.7. The molecule has 0 aromatic carbocycles. The van der Waals surface area contributed by atoms with Gasteiger partial charge in [-0.2, -0.15) is 0 Å². The highest BCUT2D eigenvalue weighted by molar-refractivity contribution is 7.98. The van der Waals surface area contributed by atoms with E-state index >= 15 is 0 Å². The van der Waals surface area contributed by atoms with E-state index in [2.05, 4.69) is 23.3 Å². The van der Waals surface area contributed by atoms with Gasteiger partial charge in [-0.15, -0.1) is 11.8 Å². The third-order valence-electron chi connectivity index (χ3n) is 6.48. The van der Waals surface area contributed by atoms with Crippen molar-refractivity contribution in [1.82, 2.24) is 19.6 Å². The van der Waals surface area contributed by atoms with E-state index in [1.54, 1.807) is 16.7 Å². The fraction of sp³-hybridized carbons (Fsp3) is 0.609. The van der Waals surface area contributed by atoms with Crippen molar-refractivity contribution < 1.29 is 14.3 Å². The Morgan fingerprint density at radius 1 is 1.29 bits per heavy atom. The Hall–Kier alpha value is -2.22. The highest BCUT2D eigenvalue weighted by Crippen LogP contribution is 2.63. The maximum atomic E-state index is 13.2. The van der Waals surface area contributed by atoms with Gasteiger partial charge in [-0.1, -0.05) is 6.92 Å². The summed E-state index contributed by atoms with van der Waals surface area (Å²) in [4.78, 5) is 33.1. The Kier molecular flexibility index (Phi) is 5.07. The average molecular weight is 445 g/mol. The summed E-state index contributed by atoms with van der Waals surface area (Å²) in [6, 6.07) is 4.07. The number of pyridine rings is 1. The fourth-order valence-corrected chi connectivity index (χ4v) is 5.50. The summed E-state index contributed by atoms with van der Waals surface area (Å²) < 4.78 is 7.54. The quantitative estimate of drug-likeness (QED) is 0.724. The SMILES string of the molecule is CSc1cccn2c(C(C)(C)NC(=O)C3C4CN(C(=O)OC(C)(C)C)CC43C)ncc12. The van der Waals surface area contributed by atoms with E-state index in [-0.39, 0.29) is 29.3 Å². The summed E-state index contributed by atoms with van der Waals surface area (Å²) in [5.41, 5.74) is -0.305. The van der Waals surface area contributed by atoms with Crippen LogP contribution in [-0.4, -0.2) is 51.2 Å². The minimum atomic E-state index is -0.626. The van der Waals surface area contributed by atoms with Gasteiger partial charge in [0.15, 0.2) is 0 Å². The number of hydrogen-bond acceptors (Lipinski definition) is 5. The van der Waals surface area contributed by atoms with E-state index < -0.39 is 11.1 Å². The van der Waals surface area contributed by atoms with Crippen molar-refractivity contribution in [2.45, 2.75) is 57.6 Å². The number of imidazole rings is 1. The molecule has 2 fully saturated rings. The van der Waals surface area contributed by atoms with Crippen molar-refractivity contribution >= 4 is 29.3 Å². The number of amides is 2. The van der Waals surface area contributed by atoms with Gasteiger partial charge in [-0.05, 0) is 58.9 Å². The van der Waals surface area contributed by atoms with Gasteiger partial charge < -0.3 is 19.4 Å². The first kappa shape index (κ1) is 22.0. The Balaban J connectivity index is 1.45. The molecule has 8 heteroatoms. The van der Waals surface area contributed by atoms with E-state index in [1.807, 2.05) is 63.7 Å². The first-order valence-corrected chi connectivity index (χ1v) is 11.9. The smallest absolute Gasteiger partial charge is 0.410 e. The van der Waals surface area contributed by atoms with Crippen LogP contribution in [0.5, 0.6) is 0 Å². The Morgan fingerprint density at radius 3 is 2.58 bits per heavy atom. The van der Waals surface area contributed by atoms with Gasteiger partial charge in [0.25, 0.3) is 0 Å². The zero-order valence-corrected chi connectivity index (χ0v) is 20.2. The lowest BCUT2D eigenvalue weighted by Gasteiger charge is -2.28. The van der Waals surface area contributed by atoms with Crippen LogP contribution in [0.15, 0.2) is 29.4 Å². The van der Waals surface area contributed by atoms with Crippen LogP contribution in [0.25, 0.3) is 5.52 Å². The number of carbonyl (C=O) groups excluding carboxylic acids is 2. The molecule has 3 heterocycles. The number of thioether (sulfide) groups is 1. The molecule has 1 saturated heterocycles. The predicted molar refractivity (Wildman–Crippen MR) is 121 cm³/mol. The maximum Gasteiger partial charge on any atom is 0.410 e. The summed E-state index contributed by atoms with van der Waals surface area (Å²) in [6.45, 7) is 12.8. The van der Waals surface area contributed by atoms with Crippen LogP contribution in [0.1, 0.15) is 47.4 Å². The minimum Gasteiger partial charge on any atom is -0.444 e. The molecule has 2 aromatic rings. The van der Waals surface area contributed by atoms with Crippen LogP contribution >= 0.6 is 11.8 Å². The topological polar surface area (TPSA) is 75.9 Å². The molecule has 1 saturated carbocycles. The molecule has 0 spiro atoms. The predicted octanol–water partition coefficient (Wildman–Crippen LogP) is 3.91. The van der Waals surface area contributed by atoms with E-state index in [1.165, 1.54) is 0 Å². The van der Waals surface area contributed by atoms with E-state index in [0.29, 0.717) is 13.1 Å². The summed E-state index contributed by atoms with van der Waals surface area (Å²) >= 11 is 1.68. The number of rotatable bonds is 4. The van der Waals surface area contributed by atoms with Crippen molar-refractivity contribution in [2.75, 3.05) is 19.3 Å². The molecule has 31 heavy (non-hydrogen) atoms. The molecular formula is C23H32N4O3S. The number of fused-ring (bicyclic) bond motifs is 2. The van der Waals surface area contributed by atoms with Crippen LogP contribution in [0.3, 0.4) is 0 Å². The molecule has 168 valence electrons. The number of likely N-dealkylation sites (tertiary alicyclic amines) is 1. The number of ether oxygens (including phenoxy) is 1. The summed E-state index contributed by atoms with van der Waals surface area (Å²) in [7, 11) is 0. The molecule has 1 aliphatic carbocycles. The van der Waals surface area contributed by atoms with Crippen molar-refractivity contribution in [3.05, 3.63) is 30.4 Å². The van der Waals surface area contributed by atoms with Crippen LogP contribution < -0.4 is 5.32 Å². The summed E-state index contributed by atoms with van der Waals surface area (Å²) in [6.07, 6.45) is 5.59. The Morgan fingerprint density at radius 2 is 2.00 bits per heavy atom. The maximum absolute atomic E-state index is 13.2. The number of aromatic nitrogens is 2. The monoisotopic (exact) mass is 444 g/mol. The number of nitrogens with one attached hydrogen (secondary N) is 1. The lowest BCUT2D eigenvalue weighted by Crippen LogP contribution is -2.45. The molecule has 0 radical (unpaired) electrons. The second-order valence-electron chi connectivity index (χ2n) is 10.5. The third kappa shape index (κ3) is 3.79. The number of piperidine rings is 1. The molecule has 2 amide bonds.